The first-order chi connectivity index (χ1) is 7.68. The van der Waals surface area contributed by atoms with Gasteiger partial charge in [0, 0.05) is 25.2 Å². The van der Waals surface area contributed by atoms with E-state index in [4.69, 9.17) is 4.74 Å². The molecule has 0 atom stereocenters. The lowest BCUT2D eigenvalue weighted by Crippen LogP contribution is -2.35. The SMILES string of the molecule is Oc1ccc(CN2CCOCC2)c(O)c1O. The van der Waals surface area contributed by atoms with Crippen LogP contribution >= 0.6 is 0 Å². The minimum atomic E-state index is -0.453. The van der Waals surface area contributed by atoms with Gasteiger partial charge in [0.05, 0.1) is 13.2 Å². The van der Waals surface area contributed by atoms with Crippen LogP contribution in [0.25, 0.3) is 0 Å². The van der Waals surface area contributed by atoms with Gasteiger partial charge in [0.25, 0.3) is 0 Å². The van der Waals surface area contributed by atoms with E-state index >= 15 is 0 Å². The van der Waals surface area contributed by atoms with E-state index in [1.54, 1.807) is 6.07 Å². The molecule has 1 aliphatic heterocycles. The van der Waals surface area contributed by atoms with Gasteiger partial charge in [-0.25, -0.2) is 0 Å². The fraction of sp³-hybridized carbons (Fsp3) is 0.455. The largest absolute Gasteiger partial charge is 0.504 e. The van der Waals surface area contributed by atoms with Crippen molar-refractivity contribution in [1.82, 2.24) is 4.90 Å². The molecule has 1 heterocycles. The molecule has 5 heteroatoms. The molecular weight excluding hydrogens is 210 g/mol. The van der Waals surface area contributed by atoms with Crippen molar-refractivity contribution in [2.45, 2.75) is 6.54 Å². The number of aromatic hydroxyl groups is 3. The molecule has 1 aromatic carbocycles. The van der Waals surface area contributed by atoms with Crippen molar-refractivity contribution in [3.8, 4) is 17.2 Å². The zero-order valence-electron chi connectivity index (χ0n) is 8.89. The summed E-state index contributed by atoms with van der Waals surface area (Å²) in [7, 11) is 0. The van der Waals surface area contributed by atoms with Crippen LogP contribution in [0.15, 0.2) is 12.1 Å². The molecule has 88 valence electrons. The molecule has 0 spiro atoms. The van der Waals surface area contributed by atoms with E-state index in [1.807, 2.05) is 0 Å². The maximum atomic E-state index is 9.64. The molecule has 0 saturated carbocycles. The summed E-state index contributed by atoms with van der Waals surface area (Å²) in [6, 6.07) is 2.99. The zero-order valence-corrected chi connectivity index (χ0v) is 8.89. The molecule has 1 aromatic rings. The Morgan fingerprint density at radius 2 is 1.75 bits per heavy atom. The van der Waals surface area contributed by atoms with Crippen LogP contribution in [0.4, 0.5) is 0 Å². The molecule has 5 nitrogen and oxygen atoms in total. The molecule has 0 aliphatic carbocycles. The average Bonchev–Trinajstić information content (AvgIpc) is 2.31. The van der Waals surface area contributed by atoms with Gasteiger partial charge in [-0.05, 0) is 6.07 Å². The summed E-state index contributed by atoms with van der Waals surface area (Å²) in [6.45, 7) is 3.53. The average molecular weight is 225 g/mol. The Morgan fingerprint density at radius 1 is 1.06 bits per heavy atom. The Hall–Kier alpha value is -1.46. The van der Waals surface area contributed by atoms with Gasteiger partial charge in [0.2, 0.25) is 5.75 Å². The van der Waals surface area contributed by atoms with E-state index in [1.165, 1.54) is 6.07 Å². The highest BCUT2D eigenvalue weighted by Crippen LogP contribution is 2.37. The van der Waals surface area contributed by atoms with Crippen molar-refractivity contribution < 1.29 is 20.1 Å². The van der Waals surface area contributed by atoms with Gasteiger partial charge in [-0.2, -0.15) is 0 Å². The molecule has 3 N–H and O–H groups in total. The number of hydrogen-bond acceptors (Lipinski definition) is 5. The Bertz CT molecular complexity index is 374. The van der Waals surface area contributed by atoms with Gasteiger partial charge in [-0.1, -0.05) is 6.07 Å². The van der Waals surface area contributed by atoms with Gasteiger partial charge >= 0.3 is 0 Å². The van der Waals surface area contributed by atoms with Crippen LogP contribution in [0, 0.1) is 0 Å². The van der Waals surface area contributed by atoms with Crippen LogP contribution in [0.3, 0.4) is 0 Å². The second-order valence-corrected chi connectivity index (χ2v) is 3.83. The third kappa shape index (κ3) is 2.20. The van der Waals surface area contributed by atoms with E-state index in [0.29, 0.717) is 25.3 Å². The predicted octanol–water partition coefficient (Wildman–Crippen LogP) is 0.636. The van der Waals surface area contributed by atoms with E-state index in [9.17, 15) is 15.3 Å². The fourth-order valence-electron chi connectivity index (χ4n) is 1.74. The minimum Gasteiger partial charge on any atom is -0.504 e. The first kappa shape index (κ1) is 11.0. The second kappa shape index (κ2) is 4.59. The number of benzene rings is 1. The van der Waals surface area contributed by atoms with Crippen LogP contribution in [-0.2, 0) is 11.3 Å². The third-order valence-electron chi connectivity index (χ3n) is 2.71. The maximum Gasteiger partial charge on any atom is 0.200 e. The number of hydrogen-bond donors (Lipinski definition) is 3. The summed E-state index contributed by atoms with van der Waals surface area (Å²) < 4.78 is 5.22. The van der Waals surface area contributed by atoms with Gasteiger partial charge in [-0.15, -0.1) is 0 Å². The lowest BCUT2D eigenvalue weighted by molar-refractivity contribution is 0.0338. The van der Waals surface area contributed by atoms with Crippen molar-refractivity contribution >= 4 is 0 Å². The molecule has 1 saturated heterocycles. The zero-order chi connectivity index (χ0) is 11.5. The summed E-state index contributed by atoms with van der Waals surface area (Å²) >= 11 is 0. The number of phenolic OH excluding ortho intramolecular Hbond substituents is 3. The predicted molar refractivity (Wildman–Crippen MR) is 57.5 cm³/mol. The van der Waals surface area contributed by atoms with E-state index in [2.05, 4.69) is 4.90 Å². The number of phenols is 3. The van der Waals surface area contributed by atoms with Gasteiger partial charge in [0.1, 0.15) is 0 Å². The standard InChI is InChI=1S/C11H15NO4/c13-9-2-1-8(10(14)11(9)15)7-12-3-5-16-6-4-12/h1-2,13-15H,3-7H2. The van der Waals surface area contributed by atoms with Gasteiger partial charge < -0.3 is 20.1 Å². The summed E-state index contributed by atoms with van der Waals surface area (Å²) in [5, 5.41) is 28.2. The number of nitrogens with zero attached hydrogens (tertiary/aromatic N) is 1. The smallest absolute Gasteiger partial charge is 0.200 e. The van der Waals surface area contributed by atoms with Crippen molar-refractivity contribution in [2.24, 2.45) is 0 Å². The molecule has 0 bridgehead atoms. The molecule has 0 radical (unpaired) electrons. The normalized spacial score (nSPS) is 17.5. The Morgan fingerprint density at radius 3 is 2.44 bits per heavy atom. The van der Waals surface area contributed by atoms with Crippen LogP contribution in [0.5, 0.6) is 17.2 Å². The number of morpholine rings is 1. The minimum absolute atomic E-state index is 0.244. The van der Waals surface area contributed by atoms with Crippen molar-refractivity contribution in [2.75, 3.05) is 26.3 Å². The summed E-state index contributed by atoms with van der Waals surface area (Å²) in [6.07, 6.45) is 0. The molecule has 0 unspecified atom stereocenters. The first-order valence-corrected chi connectivity index (χ1v) is 5.21. The van der Waals surface area contributed by atoms with Crippen molar-refractivity contribution in [1.29, 1.82) is 0 Å². The Balaban J connectivity index is 2.11. The highest BCUT2D eigenvalue weighted by Gasteiger charge is 2.15. The third-order valence-corrected chi connectivity index (χ3v) is 2.71. The second-order valence-electron chi connectivity index (χ2n) is 3.83. The monoisotopic (exact) mass is 225 g/mol. The summed E-state index contributed by atoms with van der Waals surface area (Å²) in [5.74, 6) is -1.000. The van der Waals surface area contributed by atoms with Gasteiger partial charge in [-0.3, -0.25) is 4.90 Å². The lowest BCUT2D eigenvalue weighted by Gasteiger charge is -2.26. The van der Waals surface area contributed by atoms with Crippen LogP contribution in [0.2, 0.25) is 0 Å². The first-order valence-electron chi connectivity index (χ1n) is 5.21. The molecule has 0 aromatic heterocycles. The highest BCUT2D eigenvalue weighted by atomic mass is 16.5. The van der Waals surface area contributed by atoms with Crippen LogP contribution in [0.1, 0.15) is 5.56 Å². The topological polar surface area (TPSA) is 73.2 Å². The maximum absolute atomic E-state index is 9.64. The molecule has 16 heavy (non-hydrogen) atoms. The van der Waals surface area contributed by atoms with Crippen molar-refractivity contribution in [3.05, 3.63) is 17.7 Å². The van der Waals surface area contributed by atoms with Crippen LogP contribution in [-0.4, -0.2) is 46.5 Å². The molecule has 0 amide bonds. The molecule has 1 fully saturated rings. The summed E-state index contributed by atoms with van der Waals surface area (Å²) in [4.78, 5) is 2.12. The van der Waals surface area contributed by atoms with Crippen LogP contribution < -0.4 is 0 Å². The molecular formula is C11H15NO4. The van der Waals surface area contributed by atoms with E-state index in [0.717, 1.165) is 13.1 Å². The van der Waals surface area contributed by atoms with Gasteiger partial charge in [0.15, 0.2) is 11.5 Å². The quantitative estimate of drug-likeness (QED) is 0.644. The highest BCUT2D eigenvalue weighted by molar-refractivity contribution is 5.53. The van der Waals surface area contributed by atoms with Crippen molar-refractivity contribution in [3.63, 3.8) is 0 Å². The fourth-order valence-corrected chi connectivity index (χ4v) is 1.74. The molecule has 2 rings (SSSR count). The molecule has 1 aliphatic rings. The summed E-state index contributed by atoms with van der Waals surface area (Å²) in [5.41, 5.74) is 0.609. The number of ether oxygens (including phenoxy) is 1. The lowest BCUT2D eigenvalue weighted by atomic mass is 10.1. The van der Waals surface area contributed by atoms with E-state index < -0.39 is 5.75 Å². The number of rotatable bonds is 2. The Kier molecular flexibility index (Phi) is 3.17. The Labute approximate surface area is 93.5 Å². The van der Waals surface area contributed by atoms with E-state index in [-0.39, 0.29) is 11.5 Å².